The molecule has 2 aromatic rings. The average Bonchev–Trinajstić information content (AvgIpc) is 3.44. The van der Waals surface area contributed by atoms with Gasteiger partial charge in [0, 0.05) is 49.2 Å². The van der Waals surface area contributed by atoms with Gasteiger partial charge in [-0.25, -0.2) is 0 Å². The Kier molecular flexibility index (Phi) is 12.0. The van der Waals surface area contributed by atoms with E-state index in [4.69, 9.17) is 26.4 Å². The molecule has 1 aliphatic carbocycles. The van der Waals surface area contributed by atoms with Gasteiger partial charge in [-0.05, 0) is 44.9 Å². The number of carbonyl (C=O) groups excluding carboxylic acids is 3. The van der Waals surface area contributed by atoms with Crippen molar-refractivity contribution in [3.63, 3.8) is 0 Å². The van der Waals surface area contributed by atoms with E-state index in [0.717, 1.165) is 43.4 Å². The Morgan fingerprint density at radius 2 is 1.93 bits per heavy atom. The van der Waals surface area contributed by atoms with E-state index in [9.17, 15) is 22.8 Å². The molecule has 3 amide bonds. The molecule has 0 bridgehead atoms. The predicted octanol–water partition coefficient (Wildman–Crippen LogP) is 4.89. The number of hydrogen-bond acceptors (Lipinski definition) is 6. The van der Waals surface area contributed by atoms with Gasteiger partial charge >= 0.3 is 12.1 Å². The molecule has 1 aliphatic heterocycles. The molecular weight excluding hydrogens is 589 g/mol. The first kappa shape index (κ1) is 35.8. The van der Waals surface area contributed by atoms with Crippen molar-refractivity contribution in [3.05, 3.63) is 29.2 Å². The van der Waals surface area contributed by atoms with Gasteiger partial charge in [0.2, 0.25) is 12.3 Å². The van der Waals surface area contributed by atoms with Crippen LogP contribution in [0, 0.1) is 22.7 Å². The number of nitrogens with one attached hydrogen (secondary N) is 1. The Bertz CT molecular complexity index is 1340. The number of halogens is 4. The third-order valence-corrected chi connectivity index (χ3v) is 8.04. The number of nitriles is 1. The monoisotopic (exact) mass is 628 g/mol. The van der Waals surface area contributed by atoms with Crippen molar-refractivity contribution in [2.45, 2.75) is 91.3 Å². The number of hydrogen-bond donors (Lipinski definition) is 2. The first-order chi connectivity index (χ1) is 19.9. The van der Waals surface area contributed by atoms with Crippen molar-refractivity contribution in [1.29, 1.82) is 5.26 Å². The Labute approximate surface area is 254 Å². The first-order valence-electron chi connectivity index (χ1n) is 13.9. The number of likely N-dealkylation sites (tertiary alicyclic amines) is 1. The molecule has 3 N–H and O–H groups in total. The van der Waals surface area contributed by atoms with Gasteiger partial charge in [0.1, 0.15) is 6.04 Å². The normalized spacial score (nSPS) is 19.6. The Morgan fingerprint density at radius 1 is 1.33 bits per heavy atom. The number of aryl methyl sites for hydroxylation is 1. The zero-order chi connectivity index (χ0) is 32.8. The number of aromatic nitrogens is 2. The molecule has 0 aromatic carbocycles. The highest BCUT2D eigenvalue weighted by atomic mass is 35.5. The summed E-state index contributed by atoms with van der Waals surface area (Å²) in [4.78, 5) is 38.0. The third kappa shape index (κ3) is 9.83. The fourth-order valence-corrected chi connectivity index (χ4v) is 4.89. The van der Waals surface area contributed by atoms with Crippen LogP contribution in [0.1, 0.15) is 72.4 Å². The lowest BCUT2D eigenvalue weighted by molar-refractivity contribution is -0.169. The van der Waals surface area contributed by atoms with Crippen molar-refractivity contribution in [2.24, 2.45) is 17.1 Å². The number of alkyl halides is 3. The maximum Gasteiger partial charge on any atom is 0.470 e. The zero-order valence-electron chi connectivity index (χ0n) is 25.3. The maximum atomic E-state index is 12.2. The Balaban J connectivity index is 0.000000247. The number of primary amides is 1. The van der Waals surface area contributed by atoms with Crippen LogP contribution in [0.3, 0.4) is 0 Å². The van der Waals surface area contributed by atoms with Gasteiger partial charge in [-0.3, -0.25) is 19.4 Å². The van der Waals surface area contributed by atoms with Crippen molar-refractivity contribution in [3.8, 4) is 6.07 Å². The fraction of sp³-hybridized carbons (Fsp3) is 0.621. The van der Waals surface area contributed by atoms with Crippen LogP contribution >= 0.6 is 11.6 Å². The Hall–Kier alpha value is -3.37. The van der Waals surface area contributed by atoms with Crippen molar-refractivity contribution in [2.75, 3.05) is 13.1 Å². The van der Waals surface area contributed by atoms with Crippen LogP contribution in [-0.2, 0) is 25.7 Å². The summed E-state index contributed by atoms with van der Waals surface area (Å²) in [7, 11) is 0. The van der Waals surface area contributed by atoms with Crippen molar-refractivity contribution >= 4 is 40.7 Å². The molecule has 2 aromatic heterocycles. The van der Waals surface area contributed by atoms with Crippen molar-refractivity contribution in [1.82, 2.24) is 19.8 Å². The third-order valence-electron chi connectivity index (χ3n) is 7.74. The van der Waals surface area contributed by atoms with Gasteiger partial charge in [-0.15, -0.1) is 0 Å². The largest absolute Gasteiger partial charge is 0.470 e. The summed E-state index contributed by atoms with van der Waals surface area (Å²) in [5.41, 5.74) is 5.61. The van der Waals surface area contributed by atoms with Crippen LogP contribution in [0.2, 0.25) is 5.02 Å². The molecule has 14 heteroatoms. The van der Waals surface area contributed by atoms with Crippen LogP contribution in [-0.4, -0.2) is 63.6 Å². The minimum Gasteiger partial charge on any atom is -0.372 e. The first-order valence-corrected chi connectivity index (χ1v) is 14.3. The molecule has 1 saturated carbocycles. The lowest BCUT2D eigenvalue weighted by atomic mass is 9.84. The standard InChI is InChI=1S/C15H27NO2.C12H11ClN4O.C2H2F3NO/c1-11-9-16(10-14(11,3)4)13(17)8-12(2)18-15(5)6-7-15;1-2-17-6-10(13)8-4-15-5-9(12(8)17)11(3-14)16-7-18;3-2(4,5)1(6)7/h11-12H,6-10H2,1-5H3;4-7,11H,2H2,1H3,(H,16,18);(H2,6,7)/t11-,12+;;/m0../s1. The number of ether oxygens (including phenoxy) is 1. The fourth-order valence-electron chi connectivity index (χ4n) is 4.64. The summed E-state index contributed by atoms with van der Waals surface area (Å²) in [6.45, 7) is 15.4. The van der Waals surface area contributed by atoms with Gasteiger partial charge in [-0.1, -0.05) is 32.4 Å². The van der Waals surface area contributed by atoms with E-state index in [-0.39, 0.29) is 23.0 Å². The van der Waals surface area contributed by atoms with Crippen molar-refractivity contribution < 1.29 is 32.3 Å². The zero-order valence-corrected chi connectivity index (χ0v) is 26.1. The molecule has 10 nitrogen and oxygen atoms in total. The summed E-state index contributed by atoms with van der Waals surface area (Å²) >= 11 is 6.12. The van der Waals surface area contributed by atoms with E-state index < -0.39 is 18.1 Å². The average molecular weight is 629 g/mol. The van der Waals surface area contributed by atoms with E-state index in [2.05, 4.69) is 43.7 Å². The minimum absolute atomic E-state index is 0.0454. The second-order valence-corrected chi connectivity index (χ2v) is 12.3. The molecule has 4 rings (SSSR count). The second-order valence-electron chi connectivity index (χ2n) is 11.8. The molecule has 0 spiro atoms. The summed E-state index contributed by atoms with van der Waals surface area (Å²) in [6, 6.07) is 1.31. The summed E-state index contributed by atoms with van der Waals surface area (Å²) in [5, 5.41) is 12.9. The number of nitrogens with zero attached hydrogens (tertiary/aromatic N) is 4. The molecule has 1 saturated heterocycles. The maximum absolute atomic E-state index is 12.2. The molecule has 43 heavy (non-hydrogen) atoms. The van der Waals surface area contributed by atoms with Gasteiger partial charge in [0.15, 0.2) is 0 Å². The topological polar surface area (TPSA) is 143 Å². The SMILES string of the molecule is CCn1cc(Cl)c2cncc(C(C#N)NC=O)c21.C[C@H](CC(=O)N1C[C@H](C)C(C)(C)C1)OC1(C)CC1.NC(=O)C(F)(F)F. The van der Waals surface area contributed by atoms with E-state index >= 15 is 0 Å². The van der Waals surface area contributed by atoms with Crippen LogP contribution < -0.4 is 11.1 Å². The quantitative estimate of drug-likeness (QED) is 0.398. The van der Waals surface area contributed by atoms with Crippen LogP contribution in [0.4, 0.5) is 13.2 Å². The molecule has 3 heterocycles. The van der Waals surface area contributed by atoms with Gasteiger partial charge in [0.25, 0.3) is 0 Å². The summed E-state index contributed by atoms with van der Waals surface area (Å²) < 4.78 is 40.0. The van der Waals surface area contributed by atoms with Gasteiger partial charge in [-0.2, -0.15) is 18.4 Å². The van der Waals surface area contributed by atoms with E-state index in [1.54, 1.807) is 18.6 Å². The molecule has 2 aliphatic rings. The predicted molar refractivity (Wildman–Crippen MR) is 156 cm³/mol. The molecular formula is C29H40ClF3N6O4. The van der Waals surface area contributed by atoms with Gasteiger partial charge in [0.05, 0.1) is 34.7 Å². The second kappa shape index (κ2) is 14.4. The molecule has 3 atom stereocenters. The van der Waals surface area contributed by atoms with Crippen LogP contribution in [0.15, 0.2) is 18.6 Å². The minimum atomic E-state index is -4.86. The van der Waals surface area contributed by atoms with Crippen LogP contribution in [0.25, 0.3) is 10.9 Å². The number of fused-ring (bicyclic) bond motifs is 1. The number of rotatable bonds is 8. The molecule has 0 radical (unpaired) electrons. The summed E-state index contributed by atoms with van der Waals surface area (Å²) in [5.74, 6) is -1.42. The molecule has 1 unspecified atom stereocenters. The van der Waals surface area contributed by atoms with E-state index in [0.29, 0.717) is 29.3 Å². The smallest absolute Gasteiger partial charge is 0.372 e. The number of pyridine rings is 1. The highest BCUT2D eigenvalue weighted by molar-refractivity contribution is 6.35. The molecule has 2 fully saturated rings. The molecule has 238 valence electrons. The summed E-state index contributed by atoms with van der Waals surface area (Å²) in [6.07, 6.45) is 3.53. The van der Waals surface area contributed by atoms with E-state index in [1.807, 2.05) is 29.4 Å². The number of carbonyl (C=O) groups is 3. The van der Waals surface area contributed by atoms with Crippen LogP contribution in [0.5, 0.6) is 0 Å². The number of nitrogens with two attached hydrogens (primary N) is 1. The highest BCUT2D eigenvalue weighted by Crippen LogP contribution is 2.40. The highest BCUT2D eigenvalue weighted by Gasteiger charge is 2.42. The lowest BCUT2D eigenvalue weighted by Gasteiger charge is -2.23. The van der Waals surface area contributed by atoms with E-state index in [1.165, 1.54) is 0 Å². The Morgan fingerprint density at radius 3 is 2.37 bits per heavy atom. The van der Waals surface area contributed by atoms with Gasteiger partial charge < -0.3 is 25.3 Å². The lowest BCUT2D eigenvalue weighted by Crippen LogP contribution is -2.33. The number of amides is 3.